The molecular formula is C15H13BrF3N3O. The van der Waals surface area contributed by atoms with Crippen LogP contribution in [0.15, 0.2) is 58.0 Å². The molecule has 8 heteroatoms. The van der Waals surface area contributed by atoms with Crippen molar-refractivity contribution in [3.05, 3.63) is 58.6 Å². The number of aliphatic imine (C=N–C) groups is 1. The second-order valence-electron chi connectivity index (χ2n) is 4.49. The summed E-state index contributed by atoms with van der Waals surface area (Å²) in [6, 6.07) is 12.8. The van der Waals surface area contributed by atoms with Gasteiger partial charge < -0.3 is 15.8 Å². The van der Waals surface area contributed by atoms with Gasteiger partial charge in [0.25, 0.3) is 0 Å². The molecule has 0 atom stereocenters. The molecule has 0 fully saturated rings. The van der Waals surface area contributed by atoms with E-state index >= 15 is 0 Å². The maximum atomic E-state index is 12.1. The number of guanidine groups is 1. The summed E-state index contributed by atoms with van der Waals surface area (Å²) in [6.07, 6.45) is -4.71. The Morgan fingerprint density at radius 1 is 1.13 bits per heavy atom. The van der Waals surface area contributed by atoms with Crippen molar-refractivity contribution in [2.75, 3.05) is 5.32 Å². The molecule has 0 aliphatic rings. The van der Waals surface area contributed by atoms with Gasteiger partial charge in [-0.1, -0.05) is 34.1 Å². The van der Waals surface area contributed by atoms with E-state index in [2.05, 4.69) is 31.0 Å². The molecule has 3 N–H and O–H groups in total. The van der Waals surface area contributed by atoms with Crippen LogP contribution in [-0.4, -0.2) is 12.3 Å². The number of rotatable bonds is 4. The molecule has 0 saturated carbocycles. The normalized spacial score (nSPS) is 12.1. The van der Waals surface area contributed by atoms with Gasteiger partial charge in [0.1, 0.15) is 5.75 Å². The molecule has 0 aromatic heterocycles. The molecule has 0 spiro atoms. The quantitative estimate of drug-likeness (QED) is 0.608. The summed E-state index contributed by atoms with van der Waals surface area (Å²) in [7, 11) is 0. The third-order valence-electron chi connectivity index (χ3n) is 2.74. The van der Waals surface area contributed by atoms with Crippen LogP contribution >= 0.6 is 15.9 Å². The summed E-state index contributed by atoms with van der Waals surface area (Å²) in [6.45, 7) is 0.371. The van der Waals surface area contributed by atoms with Crippen LogP contribution < -0.4 is 15.8 Å². The molecule has 0 unspecified atom stereocenters. The number of benzene rings is 2. The Labute approximate surface area is 139 Å². The second kappa shape index (κ2) is 7.36. The first-order valence-corrected chi connectivity index (χ1v) is 7.29. The first-order valence-electron chi connectivity index (χ1n) is 6.49. The number of anilines is 1. The lowest BCUT2D eigenvalue weighted by molar-refractivity contribution is -0.274. The highest BCUT2D eigenvalue weighted by Crippen LogP contribution is 2.24. The van der Waals surface area contributed by atoms with Gasteiger partial charge in [0.05, 0.1) is 6.54 Å². The fraction of sp³-hybridized carbons (Fsp3) is 0.133. The van der Waals surface area contributed by atoms with Gasteiger partial charge in [-0.05, 0) is 35.9 Å². The largest absolute Gasteiger partial charge is 0.573 e. The van der Waals surface area contributed by atoms with Crippen molar-refractivity contribution < 1.29 is 17.9 Å². The first kappa shape index (κ1) is 17.1. The van der Waals surface area contributed by atoms with Crippen molar-refractivity contribution in [2.45, 2.75) is 12.9 Å². The minimum atomic E-state index is -4.71. The van der Waals surface area contributed by atoms with Crippen LogP contribution in [0.2, 0.25) is 0 Å². The zero-order chi connectivity index (χ0) is 16.9. The number of hydrogen-bond donors (Lipinski definition) is 2. The summed E-state index contributed by atoms with van der Waals surface area (Å²) < 4.78 is 40.9. The summed E-state index contributed by atoms with van der Waals surface area (Å²) >= 11 is 3.41. The average Bonchev–Trinajstić information content (AvgIpc) is 2.47. The van der Waals surface area contributed by atoms with E-state index in [1.165, 1.54) is 24.3 Å². The van der Waals surface area contributed by atoms with E-state index in [1.807, 2.05) is 24.3 Å². The smallest absolute Gasteiger partial charge is 0.406 e. The Morgan fingerprint density at radius 2 is 1.78 bits per heavy atom. The minimum absolute atomic E-state index is 0.158. The SMILES string of the molecule is NC(=NCc1ccccc1Br)Nc1ccc(OC(F)(F)F)cc1. The maximum Gasteiger partial charge on any atom is 0.573 e. The van der Waals surface area contributed by atoms with Gasteiger partial charge in [0.15, 0.2) is 5.96 Å². The number of halogens is 4. The summed E-state index contributed by atoms with van der Waals surface area (Å²) in [5.74, 6) is -0.142. The molecule has 0 heterocycles. The third-order valence-corrected chi connectivity index (χ3v) is 3.51. The lowest BCUT2D eigenvalue weighted by Gasteiger charge is -2.10. The topological polar surface area (TPSA) is 59.6 Å². The second-order valence-corrected chi connectivity index (χ2v) is 5.34. The van der Waals surface area contributed by atoms with Crippen molar-refractivity contribution in [2.24, 2.45) is 10.7 Å². The van der Waals surface area contributed by atoms with E-state index in [0.29, 0.717) is 12.2 Å². The Hall–Kier alpha value is -2.22. The average molecular weight is 388 g/mol. The predicted octanol–water partition coefficient (Wildman–Crippen LogP) is 4.27. The first-order chi connectivity index (χ1) is 10.8. The standard InChI is InChI=1S/C15H13BrF3N3O/c16-13-4-2-1-3-10(13)9-21-14(20)22-11-5-7-12(8-6-11)23-15(17,18)19/h1-8H,9H2,(H3,20,21,22). The molecule has 2 aromatic carbocycles. The Kier molecular flexibility index (Phi) is 5.49. The number of nitrogens with zero attached hydrogens (tertiary/aromatic N) is 1. The molecule has 4 nitrogen and oxygen atoms in total. The zero-order valence-corrected chi connectivity index (χ0v) is 13.4. The van der Waals surface area contributed by atoms with Crippen LogP contribution in [0.4, 0.5) is 18.9 Å². The molecule has 122 valence electrons. The molecule has 0 saturated heterocycles. The molecular weight excluding hydrogens is 375 g/mol. The fourth-order valence-corrected chi connectivity index (χ4v) is 2.13. The number of alkyl halides is 3. The number of hydrogen-bond acceptors (Lipinski definition) is 2. The van der Waals surface area contributed by atoms with E-state index in [0.717, 1.165) is 10.0 Å². The third kappa shape index (κ3) is 5.82. The van der Waals surface area contributed by atoms with Crippen LogP contribution in [0, 0.1) is 0 Å². The van der Waals surface area contributed by atoms with Gasteiger partial charge >= 0.3 is 6.36 Å². The fourth-order valence-electron chi connectivity index (χ4n) is 1.72. The lowest BCUT2D eigenvalue weighted by atomic mass is 10.2. The number of nitrogens with one attached hydrogen (secondary N) is 1. The van der Waals surface area contributed by atoms with Crippen molar-refractivity contribution in [1.29, 1.82) is 0 Å². The summed E-state index contributed by atoms with van der Waals surface area (Å²) in [4.78, 5) is 4.17. The van der Waals surface area contributed by atoms with Crippen molar-refractivity contribution in [1.82, 2.24) is 0 Å². The van der Waals surface area contributed by atoms with Crippen molar-refractivity contribution in [3.8, 4) is 5.75 Å². The molecule has 23 heavy (non-hydrogen) atoms. The summed E-state index contributed by atoms with van der Waals surface area (Å²) in [5, 5.41) is 2.80. The van der Waals surface area contributed by atoms with E-state index in [-0.39, 0.29) is 11.7 Å². The van der Waals surface area contributed by atoms with Crippen LogP contribution in [0.3, 0.4) is 0 Å². The van der Waals surface area contributed by atoms with Crippen LogP contribution in [0.5, 0.6) is 5.75 Å². The highest BCUT2D eigenvalue weighted by atomic mass is 79.9. The summed E-state index contributed by atoms with van der Waals surface area (Å²) in [5.41, 5.74) is 7.23. The molecule has 0 radical (unpaired) electrons. The van der Waals surface area contributed by atoms with Crippen LogP contribution in [0.25, 0.3) is 0 Å². The lowest BCUT2D eigenvalue weighted by Crippen LogP contribution is -2.22. The highest BCUT2D eigenvalue weighted by molar-refractivity contribution is 9.10. The monoisotopic (exact) mass is 387 g/mol. The minimum Gasteiger partial charge on any atom is -0.406 e. The Morgan fingerprint density at radius 3 is 2.39 bits per heavy atom. The number of ether oxygens (including phenoxy) is 1. The Bertz CT molecular complexity index is 687. The molecule has 2 aromatic rings. The van der Waals surface area contributed by atoms with E-state index in [9.17, 15) is 13.2 Å². The van der Waals surface area contributed by atoms with Crippen LogP contribution in [0.1, 0.15) is 5.56 Å². The van der Waals surface area contributed by atoms with Crippen LogP contribution in [-0.2, 0) is 6.54 Å². The van der Waals surface area contributed by atoms with Gasteiger partial charge in [-0.2, -0.15) is 0 Å². The van der Waals surface area contributed by atoms with Gasteiger partial charge in [-0.3, -0.25) is 0 Å². The van der Waals surface area contributed by atoms with E-state index in [1.54, 1.807) is 0 Å². The van der Waals surface area contributed by atoms with E-state index in [4.69, 9.17) is 5.73 Å². The molecule has 2 rings (SSSR count). The molecule has 0 aliphatic carbocycles. The van der Waals surface area contributed by atoms with E-state index < -0.39 is 6.36 Å². The van der Waals surface area contributed by atoms with Crippen molar-refractivity contribution in [3.63, 3.8) is 0 Å². The number of nitrogens with two attached hydrogens (primary N) is 1. The van der Waals surface area contributed by atoms with Gasteiger partial charge in [-0.25, -0.2) is 4.99 Å². The van der Waals surface area contributed by atoms with Gasteiger partial charge in [0.2, 0.25) is 0 Å². The van der Waals surface area contributed by atoms with Gasteiger partial charge in [-0.15, -0.1) is 13.2 Å². The van der Waals surface area contributed by atoms with Crippen molar-refractivity contribution >= 4 is 27.6 Å². The zero-order valence-electron chi connectivity index (χ0n) is 11.8. The maximum absolute atomic E-state index is 12.1. The highest BCUT2D eigenvalue weighted by Gasteiger charge is 2.30. The molecule has 0 amide bonds. The molecule has 0 bridgehead atoms. The Balaban J connectivity index is 1.96. The van der Waals surface area contributed by atoms with Gasteiger partial charge in [0, 0.05) is 10.2 Å². The molecule has 0 aliphatic heterocycles. The predicted molar refractivity (Wildman–Crippen MR) is 86.2 cm³/mol.